The van der Waals surface area contributed by atoms with Crippen molar-refractivity contribution < 1.29 is 18.0 Å². The SMILES string of the molecule is Cc1ccc(-n2cc(C=O)c(C(F)(F)F)n2)cc1. The van der Waals surface area contributed by atoms with Gasteiger partial charge in [-0.05, 0) is 19.1 Å². The van der Waals surface area contributed by atoms with Gasteiger partial charge in [-0.25, -0.2) is 4.68 Å². The van der Waals surface area contributed by atoms with Crippen LogP contribution >= 0.6 is 0 Å². The maximum atomic E-state index is 12.6. The molecule has 0 atom stereocenters. The molecule has 3 nitrogen and oxygen atoms in total. The topological polar surface area (TPSA) is 34.9 Å². The molecule has 0 saturated heterocycles. The second-order valence-corrected chi connectivity index (χ2v) is 3.83. The summed E-state index contributed by atoms with van der Waals surface area (Å²) in [4.78, 5) is 10.6. The van der Waals surface area contributed by atoms with Gasteiger partial charge in [-0.1, -0.05) is 17.7 Å². The second kappa shape index (κ2) is 4.29. The van der Waals surface area contributed by atoms with Crippen molar-refractivity contribution in [2.45, 2.75) is 13.1 Å². The fraction of sp³-hybridized carbons (Fsp3) is 0.167. The minimum absolute atomic E-state index is 0.153. The molecular formula is C12H9F3N2O. The molecule has 0 spiro atoms. The van der Waals surface area contributed by atoms with Crippen LogP contribution in [0.3, 0.4) is 0 Å². The average Bonchev–Trinajstić information content (AvgIpc) is 2.73. The van der Waals surface area contributed by atoms with Crippen LogP contribution in [0.2, 0.25) is 0 Å². The Bertz CT molecular complexity index is 570. The lowest BCUT2D eigenvalue weighted by Gasteiger charge is -2.03. The van der Waals surface area contributed by atoms with Gasteiger partial charge in [-0.3, -0.25) is 4.79 Å². The van der Waals surface area contributed by atoms with Crippen LogP contribution in [0.1, 0.15) is 21.6 Å². The molecule has 1 aromatic heterocycles. The molecule has 0 aliphatic rings. The first-order valence-corrected chi connectivity index (χ1v) is 5.11. The quantitative estimate of drug-likeness (QED) is 0.772. The van der Waals surface area contributed by atoms with E-state index in [0.717, 1.165) is 16.4 Å². The van der Waals surface area contributed by atoms with Crippen molar-refractivity contribution in [2.75, 3.05) is 0 Å². The van der Waals surface area contributed by atoms with Crippen LogP contribution in [0.4, 0.5) is 13.2 Å². The van der Waals surface area contributed by atoms with E-state index in [4.69, 9.17) is 0 Å². The van der Waals surface area contributed by atoms with Crippen LogP contribution in [0.5, 0.6) is 0 Å². The summed E-state index contributed by atoms with van der Waals surface area (Å²) in [6, 6.07) is 6.78. The summed E-state index contributed by atoms with van der Waals surface area (Å²) in [5, 5.41) is 3.41. The summed E-state index contributed by atoms with van der Waals surface area (Å²) in [5.41, 5.74) is -0.182. The third kappa shape index (κ3) is 2.27. The normalized spacial score (nSPS) is 11.6. The molecule has 0 aliphatic heterocycles. The summed E-state index contributed by atoms with van der Waals surface area (Å²) in [6.07, 6.45) is -3.41. The van der Waals surface area contributed by atoms with E-state index < -0.39 is 17.4 Å². The van der Waals surface area contributed by atoms with Gasteiger partial charge in [0.15, 0.2) is 12.0 Å². The lowest BCUT2D eigenvalue weighted by molar-refractivity contribution is -0.141. The van der Waals surface area contributed by atoms with Crippen LogP contribution < -0.4 is 0 Å². The first-order valence-electron chi connectivity index (χ1n) is 5.11. The molecule has 0 unspecified atom stereocenters. The van der Waals surface area contributed by atoms with E-state index in [-0.39, 0.29) is 6.29 Å². The number of aldehydes is 1. The zero-order valence-electron chi connectivity index (χ0n) is 9.40. The highest BCUT2D eigenvalue weighted by atomic mass is 19.4. The summed E-state index contributed by atoms with van der Waals surface area (Å²) < 4.78 is 38.8. The number of aromatic nitrogens is 2. The number of carbonyl (C=O) groups is 1. The molecule has 0 bridgehead atoms. The molecule has 0 amide bonds. The maximum Gasteiger partial charge on any atom is 0.435 e. The molecule has 94 valence electrons. The van der Waals surface area contributed by atoms with Crippen molar-refractivity contribution in [1.82, 2.24) is 9.78 Å². The molecule has 0 saturated carbocycles. The van der Waals surface area contributed by atoms with E-state index in [1.807, 2.05) is 6.92 Å². The predicted octanol–water partition coefficient (Wildman–Crippen LogP) is 3.01. The largest absolute Gasteiger partial charge is 0.435 e. The monoisotopic (exact) mass is 254 g/mol. The Morgan fingerprint density at radius 3 is 2.28 bits per heavy atom. The number of rotatable bonds is 2. The average molecular weight is 254 g/mol. The second-order valence-electron chi connectivity index (χ2n) is 3.83. The highest BCUT2D eigenvalue weighted by Gasteiger charge is 2.37. The Morgan fingerprint density at radius 2 is 1.83 bits per heavy atom. The van der Waals surface area contributed by atoms with Gasteiger partial charge in [0, 0.05) is 6.20 Å². The molecule has 0 N–H and O–H groups in total. The van der Waals surface area contributed by atoms with E-state index in [2.05, 4.69) is 5.10 Å². The van der Waals surface area contributed by atoms with Crippen LogP contribution in [0.15, 0.2) is 30.5 Å². The molecule has 0 fully saturated rings. The Kier molecular flexibility index (Phi) is 2.94. The fourth-order valence-corrected chi connectivity index (χ4v) is 1.52. The third-order valence-electron chi connectivity index (χ3n) is 2.44. The highest BCUT2D eigenvalue weighted by molar-refractivity contribution is 5.76. The smallest absolute Gasteiger partial charge is 0.298 e. The fourth-order valence-electron chi connectivity index (χ4n) is 1.52. The lowest BCUT2D eigenvalue weighted by atomic mass is 10.2. The van der Waals surface area contributed by atoms with E-state index in [9.17, 15) is 18.0 Å². The number of hydrogen-bond donors (Lipinski definition) is 0. The highest BCUT2D eigenvalue weighted by Crippen LogP contribution is 2.30. The van der Waals surface area contributed by atoms with Gasteiger partial charge in [0.1, 0.15) is 0 Å². The number of benzene rings is 1. The Labute approximate surface area is 101 Å². The van der Waals surface area contributed by atoms with Gasteiger partial charge in [0.25, 0.3) is 0 Å². The van der Waals surface area contributed by atoms with E-state index >= 15 is 0 Å². The standard InChI is InChI=1S/C12H9F3N2O/c1-8-2-4-10(5-3-8)17-6-9(7-18)11(16-17)12(13,14)15/h2-7H,1H3. The lowest BCUT2D eigenvalue weighted by Crippen LogP contribution is -2.09. The van der Waals surface area contributed by atoms with E-state index in [0.29, 0.717) is 5.69 Å². The molecule has 0 aliphatic carbocycles. The van der Waals surface area contributed by atoms with Gasteiger partial charge in [-0.15, -0.1) is 0 Å². The Morgan fingerprint density at radius 1 is 1.22 bits per heavy atom. The number of hydrogen-bond acceptors (Lipinski definition) is 2. The number of nitrogens with zero attached hydrogens (tertiary/aromatic N) is 2. The van der Waals surface area contributed by atoms with Gasteiger partial charge < -0.3 is 0 Å². The van der Waals surface area contributed by atoms with E-state index in [1.54, 1.807) is 24.3 Å². The minimum Gasteiger partial charge on any atom is -0.298 e. The van der Waals surface area contributed by atoms with Gasteiger partial charge in [0.2, 0.25) is 0 Å². The van der Waals surface area contributed by atoms with Crippen molar-refractivity contribution in [3.05, 3.63) is 47.3 Å². The molecule has 18 heavy (non-hydrogen) atoms. The molecule has 0 radical (unpaired) electrons. The van der Waals surface area contributed by atoms with Crippen LogP contribution in [-0.4, -0.2) is 16.1 Å². The van der Waals surface area contributed by atoms with Gasteiger partial charge >= 0.3 is 6.18 Å². The number of halogens is 3. The number of carbonyl (C=O) groups excluding carboxylic acids is 1. The van der Waals surface area contributed by atoms with Gasteiger partial charge in [-0.2, -0.15) is 18.3 Å². The number of aryl methyl sites for hydroxylation is 1. The van der Waals surface area contributed by atoms with Crippen LogP contribution in [-0.2, 0) is 6.18 Å². The van der Waals surface area contributed by atoms with Crippen molar-refractivity contribution in [3.63, 3.8) is 0 Å². The third-order valence-corrected chi connectivity index (χ3v) is 2.44. The predicted molar refractivity (Wildman–Crippen MR) is 58.7 cm³/mol. The van der Waals surface area contributed by atoms with Crippen molar-refractivity contribution in [2.24, 2.45) is 0 Å². The zero-order valence-corrected chi connectivity index (χ0v) is 9.40. The number of alkyl halides is 3. The summed E-state index contributed by atoms with van der Waals surface area (Å²) >= 11 is 0. The summed E-state index contributed by atoms with van der Waals surface area (Å²) in [5.74, 6) is 0. The molecule has 2 rings (SSSR count). The van der Waals surface area contributed by atoms with E-state index in [1.165, 1.54) is 0 Å². The molecule has 1 aromatic carbocycles. The molecule has 1 heterocycles. The van der Waals surface area contributed by atoms with Crippen molar-refractivity contribution in [1.29, 1.82) is 0 Å². The maximum absolute atomic E-state index is 12.6. The zero-order chi connectivity index (χ0) is 13.3. The van der Waals surface area contributed by atoms with Gasteiger partial charge in [0.05, 0.1) is 11.3 Å². The molecular weight excluding hydrogens is 245 g/mol. The Hall–Kier alpha value is -2.11. The molecule has 6 heteroatoms. The molecule has 2 aromatic rings. The first-order chi connectivity index (χ1) is 8.41. The van der Waals surface area contributed by atoms with Crippen molar-refractivity contribution in [3.8, 4) is 5.69 Å². The van der Waals surface area contributed by atoms with Crippen molar-refractivity contribution >= 4 is 6.29 Å². The summed E-state index contributed by atoms with van der Waals surface area (Å²) in [6.45, 7) is 1.87. The minimum atomic E-state index is -4.63. The van der Waals surface area contributed by atoms with Crippen LogP contribution in [0.25, 0.3) is 5.69 Å². The van der Waals surface area contributed by atoms with Crippen LogP contribution in [0, 0.1) is 6.92 Å². The first kappa shape index (κ1) is 12.3. The Balaban J connectivity index is 2.50. The summed E-state index contributed by atoms with van der Waals surface area (Å²) in [7, 11) is 0.